The summed E-state index contributed by atoms with van der Waals surface area (Å²) in [6.07, 6.45) is 4.52. The van der Waals surface area contributed by atoms with Crippen molar-refractivity contribution in [3.8, 4) is 17.0 Å². The second-order valence-electron chi connectivity index (χ2n) is 11.7. The number of amides is 1. The van der Waals surface area contributed by atoms with Crippen molar-refractivity contribution < 1.29 is 28.7 Å². The predicted molar refractivity (Wildman–Crippen MR) is 180 cm³/mol. The van der Waals surface area contributed by atoms with Gasteiger partial charge in [0.2, 0.25) is 0 Å². The lowest BCUT2D eigenvalue weighted by Crippen LogP contribution is -2.31. The van der Waals surface area contributed by atoms with E-state index in [9.17, 15) is 19.7 Å². The number of nitrogens with zero attached hydrogens (tertiary/aromatic N) is 5. The van der Waals surface area contributed by atoms with Gasteiger partial charge in [-0.15, -0.1) is 0 Å². The highest BCUT2D eigenvalue weighted by atomic mass is 16.6. The number of anilines is 1. The Balaban J connectivity index is 1.47. The van der Waals surface area contributed by atoms with Crippen LogP contribution in [0, 0.1) is 17.0 Å². The van der Waals surface area contributed by atoms with Gasteiger partial charge in [-0.3, -0.25) is 14.9 Å². The highest BCUT2D eigenvalue weighted by molar-refractivity contribution is 6.09. The van der Waals surface area contributed by atoms with Crippen LogP contribution in [-0.4, -0.2) is 51.5 Å². The molecule has 12 heteroatoms. The Morgan fingerprint density at radius 2 is 1.90 bits per heavy atom. The monoisotopic (exact) mass is 651 g/mol. The fourth-order valence-electron chi connectivity index (χ4n) is 6.19. The van der Waals surface area contributed by atoms with Crippen LogP contribution in [0.4, 0.5) is 11.4 Å². The van der Waals surface area contributed by atoms with Gasteiger partial charge in [0.25, 0.3) is 11.6 Å². The Hall–Kier alpha value is -5.49. The van der Waals surface area contributed by atoms with Crippen molar-refractivity contribution in [2.24, 2.45) is 7.05 Å². The van der Waals surface area contributed by atoms with E-state index in [-0.39, 0.29) is 36.5 Å². The number of non-ortho nitro benzene ring substituents is 1. The van der Waals surface area contributed by atoms with Crippen LogP contribution in [0.1, 0.15) is 64.4 Å². The summed E-state index contributed by atoms with van der Waals surface area (Å²) in [6.45, 7) is 4.49. The Bertz CT molecular complexity index is 2010. The van der Waals surface area contributed by atoms with Crippen molar-refractivity contribution in [2.75, 3.05) is 25.2 Å². The maximum absolute atomic E-state index is 14.7. The molecule has 1 aliphatic heterocycles. The van der Waals surface area contributed by atoms with E-state index in [4.69, 9.17) is 14.2 Å². The highest BCUT2D eigenvalue weighted by Crippen LogP contribution is 2.35. The molecule has 12 nitrogen and oxygen atoms in total. The molecule has 1 amide bonds. The first kappa shape index (κ1) is 32.5. The molecule has 48 heavy (non-hydrogen) atoms. The molecule has 0 radical (unpaired) electrons. The number of nitro benzene ring substituents is 1. The average molecular weight is 652 g/mol. The Morgan fingerprint density at radius 3 is 2.62 bits per heavy atom. The Morgan fingerprint density at radius 1 is 1.08 bits per heavy atom. The quantitative estimate of drug-likeness (QED) is 0.0897. The molecule has 1 aliphatic rings. The molecular weight excluding hydrogens is 614 g/mol. The normalized spacial score (nSPS) is 14.5. The third-order valence-corrected chi connectivity index (χ3v) is 8.84. The molecule has 0 spiro atoms. The van der Waals surface area contributed by atoms with E-state index >= 15 is 0 Å². The zero-order chi connectivity index (χ0) is 33.9. The summed E-state index contributed by atoms with van der Waals surface area (Å²) in [6, 6.07) is 19.0. The van der Waals surface area contributed by atoms with Crippen molar-refractivity contribution in [2.45, 2.75) is 45.9 Å². The molecule has 248 valence electrons. The molecule has 1 atom stereocenters. The van der Waals surface area contributed by atoms with Crippen LogP contribution in [0.25, 0.3) is 22.2 Å². The first-order valence-corrected chi connectivity index (χ1v) is 15.9. The number of esters is 1. The predicted octanol–water partition coefficient (Wildman–Crippen LogP) is 6.99. The number of aromatic nitrogens is 3. The first-order chi connectivity index (χ1) is 23.2. The molecule has 1 saturated heterocycles. The topological polar surface area (TPSA) is 131 Å². The van der Waals surface area contributed by atoms with Crippen LogP contribution in [0.2, 0.25) is 0 Å². The van der Waals surface area contributed by atoms with Crippen LogP contribution in [0.15, 0.2) is 72.9 Å². The molecule has 0 bridgehead atoms. The van der Waals surface area contributed by atoms with Gasteiger partial charge < -0.3 is 23.7 Å². The SMILES string of the molecule is CCOC(=O)c1ccc([N+](=O)[O-])cc1-c1cc(C(=O)N(Cc2ccccc2OC)c2ccc3cnn(C4CCCCO4)c3c2)c(C)n1C. The van der Waals surface area contributed by atoms with Crippen LogP contribution in [-0.2, 0) is 23.1 Å². The lowest BCUT2D eigenvalue weighted by molar-refractivity contribution is -0.384. The Labute approximate surface area is 277 Å². The van der Waals surface area contributed by atoms with Gasteiger partial charge in [-0.2, -0.15) is 5.10 Å². The van der Waals surface area contributed by atoms with Crippen molar-refractivity contribution >= 4 is 34.2 Å². The van der Waals surface area contributed by atoms with Gasteiger partial charge in [0, 0.05) is 59.4 Å². The highest BCUT2D eigenvalue weighted by Gasteiger charge is 2.28. The van der Waals surface area contributed by atoms with Crippen molar-refractivity contribution in [1.82, 2.24) is 14.3 Å². The van der Waals surface area contributed by atoms with Crippen LogP contribution < -0.4 is 9.64 Å². The van der Waals surface area contributed by atoms with Gasteiger partial charge in [0.15, 0.2) is 6.23 Å². The maximum Gasteiger partial charge on any atom is 0.338 e. The van der Waals surface area contributed by atoms with E-state index in [2.05, 4.69) is 5.10 Å². The summed E-state index contributed by atoms with van der Waals surface area (Å²) in [5.41, 5.74) is 4.00. The molecule has 1 fully saturated rings. The summed E-state index contributed by atoms with van der Waals surface area (Å²) in [4.78, 5) is 40.6. The summed E-state index contributed by atoms with van der Waals surface area (Å²) in [5.74, 6) is -0.278. The number of para-hydroxylation sites is 1. The lowest BCUT2D eigenvalue weighted by Gasteiger charge is -2.26. The zero-order valence-electron chi connectivity index (χ0n) is 27.3. The maximum atomic E-state index is 14.7. The number of ether oxygens (including phenoxy) is 3. The van der Waals surface area contributed by atoms with Crippen molar-refractivity contribution in [3.05, 3.63) is 105 Å². The summed E-state index contributed by atoms with van der Waals surface area (Å²) in [7, 11) is 3.35. The number of rotatable bonds is 10. The van der Waals surface area contributed by atoms with Gasteiger partial charge in [-0.05, 0) is 69.5 Å². The number of benzene rings is 3. The average Bonchev–Trinajstić information content (AvgIpc) is 3.67. The molecule has 3 aromatic carbocycles. The van der Waals surface area contributed by atoms with Crippen molar-refractivity contribution in [1.29, 1.82) is 0 Å². The molecule has 1 unspecified atom stereocenters. The Kier molecular flexibility index (Phi) is 9.26. The van der Waals surface area contributed by atoms with Gasteiger partial charge in [0.1, 0.15) is 5.75 Å². The fraction of sp³-hybridized carbons (Fsp3) is 0.306. The number of methoxy groups -OCH3 is 1. The van der Waals surface area contributed by atoms with Crippen LogP contribution in [0.3, 0.4) is 0 Å². The van der Waals surface area contributed by atoms with Gasteiger partial charge >= 0.3 is 5.97 Å². The number of hydrogen-bond acceptors (Lipinski definition) is 8. The standard InChI is InChI=1S/C36H37N5O7/c1-5-47-36(43)28-16-15-27(41(44)45)18-30(28)32-20-29(23(2)38(32)3)35(42)39(22-25-10-6-7-11-33(25)46-4)26-14-13-24-21-37-40(31(24)19-26)34-12-8-9-17-48-34/h6-7,10-11,13-16,18-21,34H,5,8-9,12,17,22H2,1-4H3. The number of hydrogen-bond donors (Lipinski definition) is 0. The van der Waals surface area contributed by atoms with E-state index in [0.717, 1.165) is 35.7 Å². The lowest BCUT2D eigenvalue weighted by atomic mass is 10.0. The summed E-state index contributed by atoms with van der Waals surface area (Å²) >= 11 is 0. The number of carbonyl (C=O) groups excluding carboxylic acids is 2. The molecule has 6 rings (SSSR count). The van der Waals surface area contributed by atoms with E-state index in [0.29, 0.717) is 40.6 Å². The molecule has 0 N–H and O–H groups in total. The molecule has 2 aromatic heterocycles. The molecular formula is C36H37N5O7. The van der Waals surface area contributed by atoms with Gasteiger partial charge in [-0.1, -0.05) is 18.2 Å². The third-order valence-electron chi connectivity index (χ3n) is 8.84. The third kappa shape index (κ3) is 6.14. The van der Waals surface area contributed by atoms with Gasteiger partial charge in [-0.25, -0.2) is 9.48 Å². The van der Waals surface area contributed by atoms with Gasteiger partial charge in [0.05, 0.1) is 48.0 Å². The largest absolute Gasteiger partial charge is 0.496 e. The van der Waals surface area contributed by atoms with E-state index in [1.165, 1.54) is 18.2 Å². The smallest absolute Gasteiger partial charge is 0.338 e. The summed E-state index contributed by atoms with van der Waals surface area (Å²) in [5, 5.41) is 17.3. The minimum Gasteiger partial charge on any atom is -0.496 e. The first-order valence-electron chi connectivity index (χ1n) is 15.9. The fourth-order valence-corrected chi connectivity index (χ4v) is 6.19. The molecule has 0 aliphatic carbocycles. The summed E-state index contributed by atoms with van der Waals surface area (Å²) < 4.78 is 20.6. The molecule has 3 heterocycles. The molecule has 5 aromatic rings. The van der Waals surface area contributed by atoms with E-state index < -0.39 is 10.9 Å². The van der Waals surface area contributed by atoms with Crippen LogP contribution >= 0.6 is 0 Å². The zero-order valence-corrected chi connectivity index (χ0v) is 27.3. The van der Waals surface area contributed by atoms with Crippen molar-refractivity contribution in [3.63, 3.8) is 0 Å². The van der Waals surface area contributed by atoms with Crippen LogP contribution in [0.5, 0.6) is 5.75 Å². The second-order valence-corrected chi connectivity index (χ2v) is 11.7. The van der Waals surface area contributed by atoms with E-state index in [1.54, 1.807) is 49.7 Å². The minimum atomic E-state index is -0.612. The molecule has 0 saturated carbocycles. The minimum absolute atomic E-state index is 0.138. The number of carbonyl (C=O) groups is 2. The second kappa shape index (κ2) is 13.7. The number of nitro groups is 1. The number of fused-ring (bicyclic) bond motifs is 1. The van der Waals surface area contributed by atoms with E-state index in [1.807, 2.05) is 47.1 Å².